The van der Waals surface area contributed by atoms with E-state index in [2.05, 4.69) is 36.4 Å². The number of carbonyl (C=O) groups excluding carboxylic acids is 2. The molecule has 1 aromatic carbocycles. The molecule has 0 bridgehead atoms. The highest BCUT2D eigenvalue weighted by Crippen LogP contribution is 2.23. The van der Waals surface area contributed by atoms with E-state index in [1.807, 2.05) is 6.07 Å². The number of hydrogen-bond donors (Lipinski definition) is 1. The predicted molar refractivity (Wildman–Crippen MR) is 69.6 cm³/mol. The van der Waals surface area contributed by atoms with Gasteiger partial charge in [-0.3, -0.25) is 9.59 Å². The number of benzene rings is 1. The Labute approximate surface area is 101 Å². The summed E-state index contributed by atoms with van der Waals surface area (Å²) in [5.41, 5.74) is 5.03. The number of amides is 1. The smallest absolute Gasteiger partial charge is 0.296 e. The summed E-state index contributed by atoms with van der Waals surface area (Å²) < 4.78 is 0. The predicted octanol–water partition coefficient (Wildman–Crippen LogP) is 2.05. The summed E-state index contributed by atoms with van der Waals surface area (Å²) in [4.78, 5) is 22.7. The quantitative estimate of drug-likeness (QED) is 0.430. The van der Waals surface area contributed by atoms with Crippen molar-refractivity contribution in [2.24, 2.45) is 0 Å². The fourth-order valence-corrected chi connectivity index (χ4v) is 2.00. The average molecular weight is 243 g/mol. The standard InChI is InChI=1S/C13H13NO2Si/c1-17(2,3)7-6-9-4-5-11-10(8-9)12(15)13(16)14-11/h4-5,8H,1-3H3,(H,14,15,16). The summed E-state index contributed by atoms with van der Waals surface area (Å²) in [7, 11) is -1.42. The summed E-state index contributed by atoms with van der Waals surface area (Å²) >= 11 is 0. The van der Waals surface area contributed by atoms with E-state index < -0.39 is 19.8 Å². The number of rotatable bonds is 0. The molecule has 0 radical (unpaired) electrons. The molecule has 1 N–H and O–H groups in total. The molecule has 1 aliphatic rings. The van der Waals surface area contributed by atoms with Gasteiger partial charge in [0, 0.05) is 5.56 Å². The molecule has 0 unspecified atom stereocenters. The van der Waals surface area contributed by atoms with Gasteiger partial charge in [-0.2, -0.15) is 0 Å². The fraction of sp³-hybridized carbons (Fsp3) is 0.231. The largest absolute Gasteiger partial charge is 0.318 e. The summed E-state index contributed by atoms with van der Waals surface area (Å²) in [5, 5.41) is 2.52. The lowest BCUT2D eigenvalue weighted by molar-refractivity contribution is -0.112. The third-order valence-electron chi connectivity index (χ3n) is 2.30. The minimum atomic E-state index is -1.42. The number of carbonyl (C=O) groups is 2. The Morgan fingerprint density at radius 3 is 2.53 bits per heavy atom. The fourth-order valence-electron chi connectivity index (χ4n) is 1.48. The van der Waals surface area contributed by atoms with Crippen LogP contribution in [0.2, 0.25) is 19.6 Å². The molecule has 1 aliphatic heterocycles. The first-order valence-electron chi connectivity index (χ1n) is 5.40. The van der Waals surface area contributed by atoms with E-state index in [-0.39, 0.29) is 0 Å². The monoisotopic (exact) mass is 243 g/mol. The van der Waals surface area contributed by atoms with Crippen molar-refractivity contribution in [2.45, 2.75) is 19.6 Å². The Hall–Kier alpha value is -1.86. The molecular weight excluding hydrogens is 230 g/mol. The van der Waals surface area contributed by atoms with Gasteiger partial charge in [0.25, 0.3) is 11.7 Å². The van der Waals surface area contributed by atoms with Crippen LogP contribution in [0, 0.1) is 11.5 Å². The van der Waals surface area contributed by atoms with Gasteiger partial charge in [-0.05, 0) is 18.2 Å². The molecular formula is C13H13NO2Si. The van der Waals surface area contributed by atoms with E-state index in [1.54, 1.807) is 12.1 Å². The van der Waals surface area contributed by atoms with E-state index in [9.17, 15) is 9.59 Å². The maximum atomic E-state index is 11.5. The number of hydrogen-bond acceptors (Lipinski definition) is 2. The summed E-state index contributed by atoms with van der Waals surface area (Å²) in [5.74, 6) is 2.03. The van der Waals surface area contributed by atoms with Crippen LogP contribution in [0.3, 0.4) is 0 Å². The molecule has 17 heavy (non-hydrogen) atoms. The minimum absolute atomic E-state index is 0.428. The van der Waals surface area contributed by atoms with Crippen molar-refractivity contribution < 1.29 is 9.59 Å². The van der Waals surface area contributed by atoms with Crippen molar-refractivity contribution in [2.75, 3.05) is 5.32 Å². The van der Waals surface area contributed by atoms with Crippen molar-refractivity contribution in [3.8, 4) is 11.5 Å². The molecule has 0 aliphatic carbocycles. The second kappa shape index (κ2) is 3.86. The minimum Gasteiger partial charge on any atom is -0.318 e. The van der Waals surface area contributed by atoms with Crippen molar-refractivity contribution in [3.05, 3.63) is 29.3 Å². The van der Waals surface area contributed by atoms with Gasteiger partial charge in [0.15, 0.2) is 0 Å². The normalized spacial score (nSPS) is 13.8. The number of ketones is 1. The lowest BCUT2D eigenvalue weighted by Crippen LogP contribution is -2.16. The van der Waals surface area contributed by atoms with Gasteiger partial charge in [0.2, 0.25) is 0 Å². The van der Waals surface area contributed by atoms with Gasteiger partial charge >= 0.3 is 0 Å². The lowest BCUT2D eigenvalue weighted by Gasteiger charge is -2.03. The molecule has 2 rings (SSSR count). The van der Waals surface area contributed by atoms with E-state index >= 15 is 0 Å². The molecule has 1 heterocycles. The molecule has 0 atom stereocenters. The topological polar surface area (TPSA) is 46.2 Å². The van der Waals surface area contributed by atoms with Gasteiger partial charge in [-0.1, -0.05) is 25.6 Å². The first kappa shape index (κ1) is 11.6. The van der Waals surface area contributed by atoms with Crippen LogP contribution in [0.25, 0.3) is 0 Å². The van der Waals surface area contributed by atoms with Crippen molar-refractivity contribution in [1.29, 1.82) is 0 Å². The third kappa shape index (κ3) is 2.45. The molecule has 1 aromatic rings. The molecule has 0 spiro atoms. The van der Waals surface area contributed by atoms with Crippen LogP contribution in [0.1, 0.15) is 15.9 Å². The van der Waals surface area contributed by atoms with Crippen LogP contribution in [0.4, 0.5) is 5.69 Å². The van der Waals surface area contributed by atoms with Gasteiger partial charge in [-0.15, -0.1) is 5.54 Å². The molecule has 0 saturated heterocycles. The van der Waals surface area contributed by atoms with E-state index in [0.29, 0.717) is 11.3 Å². The number of Topliss-reactive ketones (excluding diaryl/α,β-unsaturated/α-hetero) is 1. The Morgan fingerprint density at radius 2 is 1.88 bits per heavy atom. The van der Waals surface area contributed by atoms with Crippen LogP contribution in [-0.2, 0) is 4.79 Å². The molecule has 4 heteroatoms. The van der Waals surface area contributed by atoms with Crippen LogP contribution in [0.5, 0.6) is 0 Å². The molecule has 0 aromatic heterocycles. The first-order valence-corrected chi connectivity index (χ1v) is 8.90. The summed E-state index contributed by atoms with van der Waals surface area (Å²) in [6, 6.07) is 5.24. The molecule has 0 saturated carbocycles. The molecule has 3 nitrogen and oxygen atoms in total. The summed E-state index contributed by atoms with van der Waals surface area (Å²) in [6.45, 7) is 6.47. The highest BCUT2D eigenvalue weighted by atomic mass is 28.3. The highest BCUT2D eigenvalue weighted by Gasteiger charge is 2.27. The SMILES string of the molecule is C[Si](C)(C)C#Cc1ccc2c(c1)C(=O)C(=O)N2. The van der Waals surface area contributed by atoms with Crippen molar-refractivity contribution in [1.82, 2.24) is 0 Å². The summed E-state index contributed by atoms with van der Waals surface area (Å²) in [6.07, 6.45) is 0. The second-order valence-electron chi connectivity index (χ2n) is 5.04. The maximum absolute atomic E-state index is 11.5. The molecule has 0 fully saturated rings. The third-order valence-corrected chi connectivity index (χ3v) is 3.18. The van der Waals surface area contributed by atoms with E-state index in [1.165, 1.54) is 0 Å². The van der Waals surface area contributed by atoms with Crippen molar-refractivity contribution >= 4 is 25.5 Å². The van der Waals surface area contributed by atoms with Crippen molar-refractivity contribution in [3.63, 3.8) is 0 Å². The van der Waals surface area contributed by atoms with Crippen LogP contribution < -0.4 is 5.32 Å². The maximum Gasteiger partial charge on any atom is 0.296 e. The Kier molecular flexibility index (Phi) is 2.64. The van der Waals surface area contributed by atoms with Gasteiger partial charge in [0.1, 0.15) is 8.07 Å². The zero-order valence-electron chi connectivity index (χ0n) is 10.0. The zero-order valence-corrected chi connectivity index (χ0v) is 11.0. The Balaban J connectivity index is 2.39. The van der Waals surface area contributed by atoms with Gasteiger partial charge in [-0.25, -0.2) is 0 Å². The van der Waals surface area contributed by atoms with Crippen LogP contribution in [-0.4, -0.2) is 19.8 Å². The van der Waals surface area contributed by atoms with Gasteiger partial charge in [0.05, 0.1) is 11.3 Å². The number of fused-ring (bicyclic) bond motifs is 1. The first-order chi connectivity index (χ1) is 7.87. The second-order valence-corrected chi connectivity index (χ2v) is 9.79. The average Bonchev–Trinajstić information content (AvgIpc) is 2.51. The zero-order chi connectivity index (χ0) is 12.6. The molecule has 86 valence electrons. The highest BCUT2D eigenvalue weighted by molar-refractivity contribution is 6.83. The lowest BCUT2D eigenvalue weighted by atomic mass is 10.1. The number of nitrogens with one attached hydrogen (secondary N) is 1. The number of anilines is 1. The Bertz CT molecular complexity index is 573. The molecule has 1 amide bonds. The van der Waals surface area contributed by atoms with Crippen LogP contribution >= 0.6 is 0 Å². The van der Waals surface area contributed by atoms with E-state index in [0.717, 1.165) is 5.56 Å². The van der Waals surface area contributed by atoms with Gasteiger partial charge < -0.3 is 5.32 Å². The Morgan fingerprint density at radius 1 is 1.18 bits per heavy atom. The van der Waals surface area contributed by atoms with Crippen LogP contribution in [0.15, 0.2) is 18.2 Å². The van der Waals surface area contributed by atoms with E-state index in [4.69, 9.17) is 0 Å².